The summed E-state index contributed by atoms with van der Waals surface area (Å²) >= 11 is 0. The molecular formula is C17H19N3O. The number of aryl methyl sites for hydroxylation is 1. The van der Waals surface area contributed by atoms with Gasteiger partial charge in [-0.05, 0) is 55.7 Å². The van der Waals surface area contributed by atoms with E-state index >= 15 is 0 Å². The number of aromatic nitrogens is 1. The van der Waals surface area contributed by atoms with Gasteiger partial charge in [0, 0.05) is 42.4 Å². The summed E-state index contributed by atoms with van der Waals surface area (Å²) < 4.78 is 0. The van der Waals surface area contributed by atoms with Crippen LogP contribution in [0.5, 0.6) is 0 Å². The van der Waals surface area contributed by atoms with Gasteiger partial charge in [-0.3, -0.25) is 9.78 Å². The van der Waals surface area contributed by atoms with E-state index in [1.54, 1.807) is 24.5 Å². The Morgan fingerprint density at radius 2 is 1.86 bits per heavy atom. The van der Waals surface area contributed by atoms with Crippen molar-refractivity contribution in [2.45, 2.75) is 19.8 Å². The van der Waals surface area contributed by atoms with Crippen molar-refractivity contribution in [3.8, 4) is 0 Å². The number of benzene rings is 1. The predicted octanol–water partition coefficient (Wildman–Crippen LogP) is 3.24. The number of amides is 1. The first-order valence-corrected chi connectivity index (χ1v) is 7.31. The lowest BCUT2D eigenvalue weighted by Gasteiger charge is -2.20. The van der Waals surface area contributed by atoms with E-state index in [4.69, 9.17) is 0 Å². The van der Waals surface area contributed by atoms with Crippen molar-refractivity contribution in [1.29, 1.82) is 0 Å². The molecule has 1 aromatic carbocycles. The highest BCUT2D eigenvalue weighted by atomic mass is 16.1. The van der Waals surface area contributed by atoms with Crippen LogP contribution in [0.3, 0.4) is 0 Å². The Kier molecular flexibility index (Phi) is 3.86. The Morgan fingerprint density at radius 3 is 2.52 bits per heavy atom. The first kappa shape index (κ1) is 13.6. The van der Waals surface area contributed by atoms with Gasteiger partial charge in [0.2, 0.25) is 0 Å². The summed E-state index contributed by atoms with van der Waals surface area (Å²) in [6, 6.07) is 9.52. The number of rotatable bonds is 3. The normalized spacial score (nSPS) is 14.2. The van der Waals surface area contributed by atoms with E-state index in [-0.39, 0.29) is 5.91 Å². The second kappa shape index (κ2) is 5.95. The maximum atomic E-state index is 12.1. The number of hydrogen-bond donors (Lipinski definition) is 1. The fourth-order valence-corrected chi connectivity index (χ4v) is 2.75. The third-order valence-electron chi connectivity index (χ3n) is 3.84. The van der Waals surface area contributed by atoms with E-state index in [9.17, 15) is 4.79 Å². The van der Waals surface area contributed by atoms with Gasteiger partial charge in [-0.25, -0.2) is 0 Å². The van der Waals surface area contributed by atoms with Crippen molar-refractivity contribution in [3.05, 3.63) is 53.9 Å². The molecule has 0 unspecified atom stereocenters. The first-order valence-electron chi connectivity index (χ1n) is 7.31. The van der Waals surface area contributed by atoms with Crippen molar-refractivity contribution in [1.82, 2.24) is 4.98 Å². The molecule has 1 aliphatic heterocycles. The van der Waals surface area contributed by atoms with E-state index in [2.05, 4.69) is 28.2 Å². The van der Waals surface area contributed by atoms with E-state index in [1.165, 1.54) is 24.1 Å². The van der Waals surface area contributed by atoms with Crippen LogP contribution in [-0.2, 0) is 0 Å². The van der Waals surface area contributed by atoms with Gasteiger partial charge in [0.05, 0.1) is 0 Å². The molecule has 0 radical (unpaired) electrons. The second-order valence-electron chi connectivity index (χ2n) is 5.39. The van der Waals surface area contributed by atoms with Crippen molar-refractivity contribution >= 4 is 17.3 Å². The molecule has 0 saturated carbocycles. The number of carbonyl (C=O) groups excluding carboxylic acids is 1. The van der Waals surface area contributed by atoms with Crippen molar-refractivity contribution in [2.24, 2.45) is 0 Å². The number of nitrogens with zero attached hydrogens (tertiary/aromatic N) is 2. The van der Waals surface area contributed by atoms with E-state index in [0.717, 1.165) is 18.8 Å². The molecule has 0 bridgehead atoms. The molecule has 2 heterocycles. The number of carbonyl (C=O) groups is 1. The van der Waals surface area contributed by atoms with Crippen LogP contribution in [0.2, 0.25) is 0 Å². The van der Waals surface area contributed by atoms with Gasteiger partial charge >= 0.3 is 0 Å². The quantitative estimate of drug-likeness (QED) is 0.939. The van der Waals surface area contributed by atoms with E-state index in [0.29, 0.717) is 5.56 Å². The summed E-state index contributed by atoms with van der Waals surface area (Å²) in [6.45, 7) is 4.35. The van der Waals surface area contributed by atoms with Crippen LogP contribution in [-0.4, -0.2) is 24.0 Å². The molecule has 2 aromatic rings. The highest BCUT2D eigenvalue weighted by Crippen LogP contribution is 2.26. The summed E-state index contributed by atoms with van der Waals surface area (Å²) in [5, 5.41) is 2.93. The van der Waals surface area contributed by atoms with Gasteiger partial charge in [0.25, 0.3) is 5.91 Å². The van der Waals surface area contributed by atoms with Crippen LogP contribution in [0.25, 0.3) is 0 Å². The van der Waals surface area contributed by atoms with Crippen LogP contribution in [0, 0.1) is 6.92 Å². The average molecular weight is 281 g/mol. The smallest absolute Gasteiger partial charge is 0.255 e. The first-order chi connectivity index (χ1) is 10.2. The molecule has 1 saturated heterocycles. The molecule has 1 aliphatic rings. The average Bonchev–Trinajstić information content (AvgIpc) is 3.02. The monoisotopic (exact) mass is 281 g/mol. The van der Waals surface area contributed by atoms with Crippen molar-refractivity contribution in [3.63, 3.8) is 0 Å². The van der Waals surface area contributed by atoms with Gasteiger partial charge in [0.1, 0.15) is 0 Å². The standard InChI is InChI=1S/C17H19N3O/c1-13-12-15(4-5-16(13)20-10-2-3-11-20)19-17(21)14-6-8-18-9-7-14/h4-9,12H,2-3,10-11H2,1H3,(H,19,21). The van der Waals surface area contributed by atoms with Crippen LogP contribution in [0.4, 0.5) is 11.4 Å². The zero-order valence-electron chi connectivity index (χ0n) is 12.2. The molecule has 1 fully saturated rings. The van der Waals surface area contributed by atoms with E-state index < -0.39 is 0 Å². The Balaban J connectivity index is 1.75. The summed E-state index contributed by atoms with van der Waals surface area (Å²) in [6.07, 6.45) is 5.77. The summed E-state index contributed by atoms with van der Waals surface area (Å²) in [4.78, 5) is 18.4. The Labute approximate surface area is 124 Å². The summed E-state index contributed by atoms with van der Waals surface area (Å²) in [7, 11) is 0. The molecule has 108 valence electrons. The van der Waals surface area contributed by atoms with Gasteiger partial charge < -0.3 is 10.2 Å². The Hall–Kier alpha value is -2.36. The lowest BCUT2D eigenvalue weighted by molar-refractivity contribution is 0.102. The minimum atomic E-state index is -0.106. The largest absolute Gasteiger partial charge is 0.371 e. The van der Waals surface area contributed by atoms with Crippen molar-refractivity contribution < 1.29 is 4.79 Å². The molecule has 0 atom stereocenters. The Morgan fingerprint density at radius 1 is 1.14 bits per heavy atom. The SMILES string of the molecule is Cc1cc(NC(=O)c2ccncc2)ccc1N1CCCC1. The molecule has 3 rings (SSSR count). The van der Waals surface area contributed by atoms with E-state index in [1.807, 2.05) is 12.1 Å². The topological polar surface area (TPSA) is 45.2 Å². The molecular weight excluding hydrogens is 262 g/mol. The minimum Gasteiger partial charge on any atom is -0.371 e. The number of hydrogen-bond acceptors (Lipinski definition) is 3. The molecule has 21 heavy (non-hydrogen) atoms. The maximum Gasteiger partial charge on any atom is 0.255 e. The molecule has 0 spiro atoms. The Bertz CT molecular complexity index is 634. The summed E-state index contributed by atoms with van der Waals surface area (Å²) in [5.41, 5.74) is 3.92. The molecule has 1 N–H and O–H groups in total. The highest BCUT2D eigenvalue weighted by Gasteiger charge is 2.14. The van der Waals surface area contributed by atoms with Gasteiger partial charge in [-0.15, -0.1) is 0 Å². The molecule has 4 heteroatoms. The third-order valence-corrected chi connectivity index (χ3v) is 3.84. The van der Waals surface area contributed by atoms with Crippen LogP contribution in [0.1, 0.15) is 28.8 Å². The number of pyridine rings is 1. The molecule has 4 nitrogen and oxygen atoms in total. The third kappa shape index (κ3) is 3.05. The molecule has 1 aromatic heterocycles. The molecule has 0 aliphatic carbocycles. The van der Waals surface area contributed by atoms with Gasteiger partial charge in [-0.2, -0.15) is 0 Å². The zero-order chi connectivity index (χ0) is 14.7. The lowest BCUT2D eigenvalue weighted by Crippen LogP contribution is -2.19. The van der Waals surface area contributed by atoms with Crippen LogP contribution in [0.15, 0.2) is 42.7 Å². The number of anilines is 2. The minimum absolute atomic E-state index is 0.106. The fourth-order valence-electron chi connectivity index (χ4n) is 2.75. The van der Waals surface area contributed by atoms with Gasteiger partial charge in [-0.1, -0.05) is 0 Å². The zero-order valence-corrected chi connectivity index (χ0v) is 12.2. The fraction of sp³-hybridized carbons (Fsp3) is 0.294. The molecule has 1 amide bonds. The van der Waals surface area contributed by atoms with Gasteiger partial charge in [0.15, 0.2) is 0 Å². The highest BCUT2D eigenvalue weighted by molar-refractivity contribution is 6.04. The number of nitrogens with one attached hydrogen (secondary N) is 1. The lowest BCUT2D eigenvalue weighted by atomic mass is 10.1. The van der Waals surface area contributed by atoms with Crippen LogP contribution >= 0.6 is 0 Å². The predicted molar refractivity (Wildman–Crippen MR) is 84.8 cm³/mol. The second-order valence-corrected chi connectivity index (χ2v) is 5.39. The maximum absolute atomic E-state index is 12.1. The summed E-state index contributed by atoms with van der Waals surface area (Å²) in [5.74, 6) is -0.106. The van der Waals surface area contributed by atoms with Crippen molar-refractivity contribution in [2.75, 3.05) is 23.3 Å². The van der Waals surface area contributed by atoms with Crippen LogP contribution < -0.4 is 10.2 Å².